The molecule has 0 fully saturated rings. The standard InChI is InChI=1S/C17H13N3O5/c1-10-4-2-3-5-14(10)18-15(21)9-19-16(22)12-7-6-11(20(24)25)8-13(12)17(19)23/h2-8H,9H2,1H3,(H,18,21). The van der Waals surface area contributed by atoms with Gasteiger partial charge in [0.1, 0.15) is 6.54 Å². The Morgan fingerprint density at radius 2 is 1.80 bits per heavy atom. The number of fused-ring (bicyclic) bond motifs is 1. The zero-order chi connectivity index (χ0) is 18.1. The molecule has 25 heavy (non-hydrogen) atoms. The molecule has 3 rings (SSSR count). The van der Waals surface area contributed by atoms with Crippen molar-refractivity contribution in [2.45, 2.75) is 6.92 Å². The molecule has 1 aliphatic rings. The lowest BCUT2D eigenvalue weighted by molar-refractivity contribution is -0.384. The number of carbonyl (C=O) groups excluding carboxylic acids is 3. The third-order valence-corrected chi connectivity index (χ3v) is 3.89. The van der Waals surface area contributed by atoms with Gasteiger partial charge in [-0.05, 0) is 24.6 Å². The van der Waals surface area contributed by atoms with Crippen molar-refractivity contribution in [1.82, 2.24) is 4.90 Å². The minimum atomic E-state index is -0.719. The highest BCUT2D eigenvalue weighted by molar-refractivity contribution is 6.23. The number of carbonyl (C=O) groups is 3. The Hall–Kier alpha value is -3.55. The molecule has 1 heterocycles. The van der Waals surface area contributed by atoms with Gasteiger partial charge in [-0.3, -0.25) is 29.4 Å². The van der Waals surface area contributed by atoms with Crippen molar-refractivity contribution in [3.63, 3.8) is 0 Å². The van der Waals surface area contributed by atoms with Crippen LogP contribution < -0.4 is 5.32 Å². The van der Waals surface area contributed by atoms with Crippen LogP contribution in [-0.2, 0) is 4.79 Å². The summed E-state index contributed by atoms with van der Waals surface area (Å²) in [6.07, 6.45) is 0. The van der Waals surface area contributed by atoms with Crippen LogP contribution in [0.25, 0.3) is 0 Å². The molecule has 0 saturated heterocycles. The molecule has 3 amide bonds. The Balaban J connectivity index is 1.79. The lowest BCUT2D eigenvalue weighted by Crippen LogP contribution is -2.37. The van der Waals surface area contributed by atoms with E-state index in [0.29, 0.717) is 5.69 Å². The maximum Gasteiger partial charge on any atom is 0.270 e. The minimum Gasteiger partial charge on any atom is -0.324 e. The van der Waals surface area contributed by atoms with Crippen LogP contribution in [-0.4, -0.2) is 34.1 Å². The molecule has 0 saturated carbocycles. The Bertz CT molecular complexity index is 922. The van der Waals surface area contributed by atoms with Gasteiger partial charge in [-0.1, -0.05) is 18.2 Å². The fourth-order valence-corrected chi connectivity index (χ4v) is 2.58. The van der Waals surface area contributed by atoms with Gasteiger partial charge in [-0.25, -0.2) is 0 Å². The van der Waals surface area contributed by atoms with E-state index < -0.39 is 29.2 Å². The van der Waals surface area contributed by atoms with Crippen molar-refractivity contribution >= 4 is 29.1 Å². The molecular formula is C17H13N3O5. The number of benzene rings is 2. The second kappa shape index (κ2) is 6.16. The van der Waals surface area contributed by atoms with Gasteiger partial charge in [0, 0.05) is 17.8 Å². The fraction of sp³-hybridized carbons (Fsp3) is 0.118. The first-order valence-electron chi connectivity index (χ1n) is 7.38. The molecule has 126 valence electrons. The molecule has 2 aromatic carbocycles. The number of hydrogen-bond acceptors (Lipinski definition) is 5. The molecule has 0 atom stereocenters. The summed E-state index contributed by atoms with van der Waals surface area (Å²) in [7, 11) is 0. The van der Waals surface area contributed by atoms with Crippen LogP contribution in [0.1, 0.15) is 26.3 Å². The van der Waals surface area contributed by atoms with Crippen molar-refractivity contribution in [3.05, 3.63) is 69.3 Å². The first kappa shape index (κ1) is 16.3. The predicted octanol–water partition coefficient (Wildman–Crippen LogP) is 2.14. The van der Waals surface area contributed by atoms with E-state index in [9.17, 15) is 24.5 Å². The summed E-state index contributed by atoms with van der Waals surface area (Å²) in [6, 6.07) is 10.5. The number of nitro groups is 1. The number of non-ortho nitro benzene ring substituents is 1. The molecule has 0 radical (unpaired) electrons. The van der Waals surface area contributed by atoms with E-state index >= 15 is 0 Å². The van der Waals surface area contributed by atoms with E-state index in [1.807, 2.05) is 19.1 Å². The van der Waals surface area contributed by atoms with Gasteiger partial charge in [0.05, 0.1) is 16.1 Å². The third-order valence-electron chi connectivity index (χ3n) is 3.89. The summed E-state index contributed by atoms with van der Waals surface area (Å²) in [5.41, 5.74) is 1.13. The first-order chi connectivity index (χ1) is 11.9. The van der Waals surface area contributed by atoms with Crippen LogP contribution in [0.3, 0.4) is 0 Å². The molecule has 0 aromatic heterocycles. The van der Waals surface area contributed by atoms with Gasteiger partial charge in [0.15, 0.2) is 0 Å². The number of nitrogens with zero attached hydrogens (tertiary/aromatic N) is 2. The Kier molecular flexibility index (Phi) is 4.02. The van der Waals surface area contributed by atoms with E-state index in [0.717, 1.165) is 22.6 Å². The van der Waals surface area contributed by atoms with E-state index in [1.54, 1.807) is 12.1 Å². The van der Waals surface area contributed by atoms with Crippen LogP contribution in [0.4, 0.5) is 11.4 Å². The molecular weight excluding hydrogens is 326 g/mol. The highest BCUT2D eigenvalue weighted by Crippen LogP contribution is 2.26. The predicted molar refractivity (Wildman–Crippen MR) is 88.3 cm³/mol. The van der Waals surface area contributed by atoms with Crippen LogP contribution in [0.5, 0.6) is 0 Å². The zero-order valence-corrected chi connectivity index (χ0v) is 13.2. The fourth-order valence-electron chi connectivity index (χ4n) is 2.58. The lowest BCUT2D eigenvalue weighted by atomic mass is 10.1. The number of aryl methyl sites for hydroxylation is 1. The average molecular weight is 339 g/mol. The molecule has 0 bridgehead atoms. The number of amides is 3. The third kappa shape index (κ3) is 2.97. The molecule has 8 heteroatoms. The number of hydrogen-bond donors (Lipinski definition) is 1. The van der Waals surface area contributed by atoms with Crippen LogP contribution in [0.2, 0.25) is 0 Å². The van der Waals surface area contributed by atoms with Crippen molar-refractivity contribution in [3.8, 4) is 0 Å². The first-order valence-corrected chi connectivity index (χ1v) is 7.38. The maximum absolute atomic E-state index is 12.3. The SMILES string of the molecule is Cc1ccccc1NC(=O)CN1C(=O)c2ccc([N+](=O)[O-])cc2C1=O. The van der Waals surface area contributed by atoms with Gasteiger partial charge in [-0.2, -0.15) is 0 Å². The highest BCUT2D eigenvalue weighted by atomic mass is 16.6. The van der Waals surface area contributed by atoms with Gasteiger partial charge >= 0.3 is 0 Å². The molecule has 0 unspecified atom stereocenters. The molecule has 1 aliphatic heterocycles. The quantitative estimate of drug-likeness (QED) is 0.521. The zero-order valence-electron chi connectivity index (χ0n) is 13.2. The lowest BCUT2D eigenvalue weighted by Gasteiger charge is -2.14. The number of nitro benzene ring substituents is 1. The largest absolute Gasteiger partial charge is 0.324 e. The van der Waals surface area contributed by atoms with Crippen molar-refractivity contribution < 1.29 is 19.3 Å². The smallest absolute Gasteiger partial charge is 0.270 e. The van der Waals surface area contributed by atoms with E-state index in [4.69, 9.17) is 0 Å². The molecule has 8 nitrogen and oxygen atoms in total. The average Bonchev–Trinajstić information content (AvgIpc) is 2.81. The number of para-hydroxylation sites is 1. The van der Waals surface area contributed by atoms with E-state index in [1.165, 1.54) is 6.07 Å². The summed E-state index contributed by atoms with van der Waals surface area (Å²) in [4.78, 5) is 47.8. The number of imide groups is 1. The van der Waals surface area contributed by atoms with Crippen LogP contribution >= 0.6 is 0 Å². The van der Waals surface area contributed by atoms with Gasteiger partial charge in [0.2, 0.25) is 5.91 Å². The minimum absolute atomic E-state index is 0.0549. The summed E-state index contributed by atoms with van der Waals surface area (Å²) in [5.74, 6) is -1.89. The summed E-state index contributed by atoms with van der Waals surface area (Å²) in [5, 5.41) is 13.5. The number of anilines is 1. The summed E-state index contributed by atoms with van der Waals surface area (Å²) >= 11 is 0. The van der Waals surface area contributed by atoms with Gasteiger partial charge in [-0.15, -0.1) is 0 Å². The molecule has 0 aliphatic carbocycles. The molecule has 0 spiro atoms. The number of rotatable bonds is 4. The van der Waals surface area contributed by atoms with E-state index in [2.05, 4.69) is 5.32 Å². The van der Waals surface area contributed by atoms with Crippen LogP contribution in [0.15, 0.2) is 42.5 Å². The second-order valence-electron chi connectivity index (χ2n) is 5.55. The summed E-state index contributed by atoms with van der Waals surface area (Å²) in [6.45, 7) is 1.35. The Labute approximate surface area is 142 Å². The van der Waals surface area contributed by atoms with Gasteiger partial charge < -0.3 is 5.32 Å². The Morgan fingerprint density at radius 3 is 2.48 bits per heavy atom. The Morgan fingerprint density at radius 1 is 1.12 bits per heavy atom. The molecule has 1 N–H and O–H groups in total. The molecule has 2 aromatic rings. The highest BCUT2D eigenvalue weighted by Gasteiger charge is 2.37. The van der Waals surface area contributed by atoms with Gasteiger partial charge in [0.25, 0.3) is 17.5 Å². The number of nitrogens with one attached hydrogen (secondary N) is 1. The normalized spacial score (nSPS) is 12.9. The maximum atomic E-state index is 12.3. The monoisotopic (exact) mass is 339 g/mol. The van der Waals surface area contributed by atoms with Crippen molar-refractivity contribution in [2.24, 2.45) is 0 Å². The van der Waals surface area contributed by atoms with Crippen molar-refractivity contribution in [1.29, 1.82) is 0 Å². The van der Waals surface area contributed by atoms with Crippen LogP contribution in [0, 0.1) is 17.0 Å². The topological polar surface area (TPSA) is 110 Å². The summed E-state index contributed by atoms with van der Waals surface area (Å²) < 4.78 is 0. The van der Waals surface area contributed by atoms with E-state index in [-0.39, 0.29) is 16.8 Å². The van der Waals surface area contributed by atoms with Crippen molar-refractivity contribution in [2.75, 3.05) is 11.9 Å². The second-order valence-corrected chi connectivity index (χ2v) is 5.55.